The van der Waals surface area contributed by atoms with Gasteiger partial charge in [-0.1, -0.05) is 18.2 Å². The fourth-order valence-corrected chi connectivity index (χ4v) is 4.63. The predicted octanol–water partition coefficient (Wildman–Crippen LogP) is 4.60. The van der Waals surface area contributed by atoms with Crippen molar-refractivity contribution in [3.8, 4) is 11.5 Å². The summed E-state index contributed by atoms with van der Waals surface area (Å²) in [4.78, 5) is 25.4. The number of carboxylic acids is 1. The van der Waals surface area contributed by atoms with Crippen molar-refractivity contribution in [2.75, 3.05) is 44.2 Å². The van der Waals surface area contributed by atoms with E-state index in [-0.39, 0.29) is 11.6 Å². The SMILES string of the molecule is COc1ccc(C2CCCN2c2ncc(C(=O)O)c(CCCN(C)c3ccccc3)n2)c(OC)c1. The van der Waals surface area contributed by atoms with Crippen LogP contribution in [0.4, 0.5) is 11.6 Å². The number of ether oxygens (including phenoxy) is 2. The number of hydrogen-bond acceptors (Lipinski definition) is 7. The van der Waals surface area contributed by atoms with Crippen LogP contribution in [0.25, 0.3) is 0 Å². The van der Waals surface area contributed by atoms with Crippen LogP contribution in [-0.4, -0.2) is 55.4 Å². The molecule has 1 fully saturated rings. The molecule has 2 heterocycles. The van der Waals surface area contributed by atoms with Gasteiger partial charge < -0.3 is 24.4 Å². The molecule has 1 aliphatic heterocycles. The van der Waals surface area contributed by atoms with E-state index in [2.05, 4.69) is 26.9 Å². The van der Waals surface area contributed by atoms with E-state index in [1.807, 2.05) is 43.4 Å². The third-order valence-electron chi connectivity index (χ3n) is 6.50. The van der Waals surface area contributed by atoms with Crippen LogP contribution in [0.5, 0.6) is 11.5 Å². The highest BCUT2D eigenvalue weighted by molar-refractivity contribution is 5.88. The van der Waals surface area contributed by atoms with E-state index in [0.717, 1.165) is 55.1 Å². The number of nitrogens with zero attached hydrogens (tertiary/aromatic N) is 4. The highest BCUT2D eigenvalue weighted by atomic mass is 16.5. The lowest BCUT2D eigenvalue weighted by Gasteiger charge is -2.27. The first-order valence-electron chi connectivity index (χ1n) is 11.9. The lowest BCUT2D eigenvalue weighted by Crippen LogP contribution is -2.26. The molecular formula is C27H32N4O4. The van der Waals surface area contributed by atoms with E-state index < -0.39 is 5.97 Å². The fourth-order valence-electron chi connectivity index (χ4n) is 4.63. The van der Waals surface area contributed by atoms with Crippen molar-refractivity contribution in [2.24, 2.45) is 0 Å². The minimum Gasteiger partial charge on any atom is -0.497 e. The Morgan fingerprint density at radius 1 is 1.17 bits per heavy atom. The fraction of sp³-hybridized carbons (Fsp3) is 0.370. The Morgan fingerprint density at radius 2 is 1.97 bits per heavy atom. The first kappa shape index (κ1) is 24.3. The Morgan fingerprint density at radius 3 is 2.69 bits per heavy atom. The van der Waals surface area contributed by atoms with Gasteiger partial charge in [0.15, 0.2) is 0 Å². The van der Waals surface area contributed by atoms with Crippen LogP contribution in [0.15, 0.2) is 54.7 Å². The Kier molecular flexibility index (Phi) is 7.70. The summed E-state index contributed by atoms with van der Waals surface area (Å²) < 4.78 is 11.0. The van der Waals surface area contributed by atoms with Gasteiger partial charge in [0.05, 0.1) is 31.5 Å². The lowest BCUT2D eigenvalue weighted by molar-refractivity contribution is 0.0694. The number of anilines is 2. The van der Waals surface area contributed by atoms with Gasteiger partial charge in [-0.3, -0.25) is 0 Å². The molecule has 1 atom stereocenters. The molecule has 8 heteroatoms. The molecule has 0 amide bonds. The Hall–Kier alpha value is -3.81. The molecule has 0 spiro atoms. The zero-order valence-corrected chi connectivity index (χ0v) is 20.5. The first-order valence-corrected chi connectivity index (χ1v) is 11.9. The van der Waals surface area contributed by atoms with Crippen molar-refractivity contribution in [2.45, 2.75) is 31.7 Å². The molecule has 2 aromatic carbocycles. The van der Waals surface area contributed by atoms with Gasteiger partial charge in [0.25, 0.3) is 0 Å². The topological polar surface area (TPSA) is 88.0 Å². The predicted molar refractivity (Wildman–Crippen MR) is 136 cm³/mol. The number of carboxylic acid groups (broad SMARTS) is 1. The normalized spacial score (nSPS) is 15.2. The van der Waals surface area contributed by atoms with E-state index >= 15 is 0 Å². The molecule has 0 bridgehead atoms. The number of aromatic nitrogens is 2. The van der Waals surface area contributed by atoms with E-state index in [1.165, 1.54) is 6.20 Å². The van der Waals surface area contributed by atoms with Crippen molar-refractivity contribution in [1.82, 2.24) is 9.97 Å². The monoisotopic (exact) mass is 476 g/mol. The summed E-state index contributed by atoms with van der Waals surface area (Å²) in [6, 6.07) is 16.0. The van der Waals surface area contributed by atoms with Crippen LogP contribution in [-0.2, 0) is 6.42 Å². The van der Waals surface area contributed by atoms with Crippen LogP contribution in [0.3, 0.4) is 0 Å². The first-order chi connectivity index (χ1) is 17.0. The molecule has 0 radical (unpaired) electrons. The standard InChI is InChI=1S/C27H32N4O4/c1-30(19-9-5-4-6-10-19)15-7-11-23-22(26(32)33)18-28-27(29-23)31-16-8-12-24(31)21-14-13-20(34-2)17-25(21)35-3/h4-6,9-10,13-14,17-18,24H,7-8,11-12,15-16H2,1-3H3,(H,32,33). The van der Waals surface area contributed by atoms with Gasteiger partial charge in [-0.15, -0.1) is 0 Å². The second-order valence-electron chi connectivity index (χ2n) is 8.66. The average molecular weight is 477 g/mol. The molecular weight excluding hydrogens is 444 g/mol. The number of rotatable bonds is 10. The van der Waals surface area contributed by atoms with E-state index in [0.29, 0.717) is 18.1 Å². The molecule has 8 nitrogen and oxygen atoms in total. The maximum atomic E-state index is 11.9. The van der Waals surface area contributed by atoms with Crippen molar-refractivity contribution < 1.29 is 19.4 Å². The zero-order chi connectivity index (χ0) is 24.8. The summed E-state index contributed by atoms with van der Waals surface area (Å²) in [6.07, 6.45) is 4.70. The number of carbonyl (C=O) groups is 1. The Balaban J connectivity index is 1.55. The van der Waals surface area contributed by atoms with Crippen LogP contribution in [0.1, 0.15) is 46.9 Å². The van der Waals surface area contributed by atoms with Crippen molar-refractivity contribution in [3.05, 3.63) is 71.5 Å². The van der Waals surface area contributed by atoms with Crippen LogP contribution in [0.2, 0.25) is 0 Å². The summed E-state index contributed by atoms with van der Waals surface area (Å²) in [7, 11) is 5.32. The molecule has 0 aliphatic carbocycles. The number of para-hydroxylation sites is 1. The van der Waals surface area contributed by atoms with Crippen molar-refractivity contribution in [1.29, 1.82) is 0 Å². The summed E-state index contributed by atoms with van der Waals surface area (Å²) >= 11 is 0. The molecule has 3 aromatic rings. The van der Waals surface area contributed by atoms with E-state index in [4.69, 9.17) is 14.5 Å². The molecule has 1 aromatic heterocycles. The third kappa shape index (κ3) is 5.48. The molecule has 1 saturated heterocycles. The van der Waals surface area contributed by atoms with Crippen LogP contribution < -0.4 is 19.3 Å². The molecule has 0 saturated carbocycles. The van der Waals surface area contributed by atoms with Gasteiger partial charge in [-0.25, -0.2) is 14.8 Å². The minimum absolute atomic E-state index is 0.0450. The Labute approximate surface area is 206 Å². The zero-order valence-electron chi connectivity index (χ0n) is 20.5. The number of methoxy groups -OCH3 is 2. The lowest BCUT2D eigenvalue weighted by atomic mass is 10.0. The van der Waals surface area contributed by atoms with Gasteiger partial charge >= 0.3 is 5.97 Å². The number of hydrogen-bond donors (Lipinski definition) is 1. The molecule has 184 valence electrons. The maximum Gasteiger partial charge on any atom is 0.339 e. The van der Waals surface area contributed by atoms with Crippen LogP contribution in [0, 0.1) is 0 Å². The van der Waals surface area contributed by atoms with Crippen molar-refractivity contribution >= 4 is 17.6 Å². The quantitative estimate of drug-likeness (QED) is 0.454. The number of aryl methyl sites for hydroxylation is 1. The van der Waals surface area contributed by atoms with Gasteiger partial charge in [-0.2, -0.15) is 0 Å². The highest BCUT2D eigenvalue weighted by Crippen LogP contribution is 2.40. The summed E-state index contributed by atoms with van der Waals surface area (Å²) in [6.45, 7) is 1.58. The second kappa shape index (κ2) is 11.1. The summed E-state index contributed by atoms with van der Waals surface area (Å²) in [5.41, 5.74) is 2.90. The minimum atomic E-state index is -1.00. The average Bonchev–Trinajstić information content (AvgIpc) is 3.38. The van der Waals surface area contributed by atoms with Gasteiger partial charge in [-0.05, 0) is 49.9 Å². The smallest absolute Gasteiger partial charge is 0.339 e. The molecule has 35 heavy (non-hydrogen) atoms. The maximum absolute atomic E-state index is 11.9. The summed E-state index contributed by atoms with van der Waals surface area (Å²) in [5, 5.41) is 9.72. The van der Waals surface area contributed by atoms with Crippen molar-refractivity contribution in [3.63, 3.8) is 0 Å². The molecule has 4 rings (SSSR count). The van der Waals surface area contributed by atoms with Gasteiger partial charge in [0.1, 0.15) is 11.5 Å². The number of aromatic carboxylic acids is 1. The highest BCUT2D eigenvalue weighted by Gasteiger charge is 2.31. The van der Waals surface area contributed by atoms with E-state index in [1.54, 1.807) is 14.2 Å². The third-order valence-corrected chi connectivity index (χ3v) is 6.50. The Bertz CT molecular complexity index is 1160. The summed E-state index contributed by atoms with van der Waals surface area (Å²) in [5.74, 6) is 1.05. The largest absolute Gasteiger partial charge is 0.497 e. The molecule has 1 aliphatic rings. The molecule has 1 unspecified atom stereocenters. The number of benzene rings is 2. The van der Waals surface area contributed by atoms with Crippen LogP contribution >= 0.6 is 0 Å². The van der Waals surface area contributed by atoms with Gasteiger partial charge in [0, 0.05) is 43.7 Å². The molecule has 1 N–H and O–H groups in total. The van der Waals surface area contributed by atoms with E-state index in [9.17, 15) is 9.90 Å². The second-order valence-corrected chi connectivity index (χ2v) is 8.66. The van der Waals surface area contributed by atoms with Gasteiger partial charge in [0.2, 0.25) is 5.95 Å².